The highest BCUT2D eigenvalue weighted by molar-refractivity contribution is 6.39. The number of anilines is 1. The van der Waals surface area contributed by atoms with Crippen LogP contribution in [-0.4, -0.2) is 29.0 Å². The van der Waals surface area contributed by atoms with E-state index in [1.165, 1.54) is 6.08 Å². The fourth-order valence-corrected chi connectivity index (χ4v) is 3.23. The van der Waals surface area contributed by atoms with E-state index in [4.69, 9.17) is 4.74 Å². The van der Waals surface area contributed by atoms with Gasteiger partial charge in [0.1, 0.15) is 11.3 Å². The van der Waals surface area contributed by atoms with Crippen LogP contribution < -0.4 is 15.0 Å². The normalized spacial score (nSPS) is 15.4. The summed E-state index contributed by atoms with van der Waals surface area (Å²) in [5.41, 5.74) is 1.74. The van der Waals surface area contributed by atoms with Crippen LogP contribution in [0.3, 0.4) is 0 Å². The van der Waals surface area contributed by atoms with Crippen LogP contribution in [0.15, 0.2) is 78.5 Å². The summed E-state index contributed by atoms with van der Waals surface area (Å²) in [6.07, 6.45) is 3.31. The molecular formula is C23H19N3O4. The average Bonchev–Trinajstić information content (AvgIpc) is 3.21. The SMILES string of the molecule is CCOc1ccc(-n2cccc2/C=C2/C(=O)NC(=O)N(c3ccccc3)C2=O)cc1. The number of urea groups is 1. The number of nitrogens with one attached hydrogen (secondary N) is 1. The number of imide groups is 2. The molecule has 1 saturated heterocycles. The number of hydrogen-bond acceptors (Lipinski definition) is 4. The first-order valence-electron chi connectivity index (χ1n) is 9.45. The van der Waals surface area contributed by atoms with Gasteiger partial charge in [0.2, 0.25) is 0 Å². The summed E-state index contributed by atoms with van der Waals surface area (Å²) in [6, 6.07) is 18.8. The molecule has 0 radical (unpaired) electrons. The van der Waals surface area contributed by atoms with E-state index in [9.17, 15) is 14.4 Å². The number of barbiturate groups is 1. The number of amides is 4. The zero-order chi connectivity index (χ0) is 21.1. The lowest BCUT2D eigenvalue weighted by Crippen LogP contribution is -2.54. The summed E-state index contributed by atoms with van der Waals surface area (Å²) in [7, 11) is 0. The molecule has 150 valence electrons. The monoisotopic (exact) mass is 401 g/mol. The van der Waals surface area contributed by atoms with Crippen molar-refractivity contribution < 1.29 is 19.1 Å². The highest BCUT2D eigenvalue weighted by Gasteiger charge is 2.36. The summed E-state index contributed by atoms with van der Waals surface area (Å²) < 4.78 is 7.31. The third kappa shape index (κ3) is 3.60. The molecule has 3 aromatic rings. The molecule has 0 aliphatic carbocycles. The first kappa shape index (κ1) is 19.2. The molecule has 0 bridgehead atoms. The number of benzene rings is 2. The van der Waals surface area contributed by atoms with E-state index < -0.39 is 17.8 Å². The standard InChI is InChI=1S/C23H19N3O4/c1-2-30-19-12-10-16(11-13-19)25-14-6-9-18(25)15-20-21(27)24-23(29)26(22(20)28)17-7-4-3-5-8-17/h3-15H,2H2,1H3,(H,24,27,29)/b20-15-. The number of nitrogens with zero attached hydrogens (tertiary/aromatic N) is 2. The third-order valence-corrected chi connectivity index (χ3v) is 4.61. The number of carbonyl (C=O) groups excluding carboxylic acids is 3. The molecule has 1 aliphatic rings. The molecule has 2 aromatic carbocycles. The van der Waals surface area contributed by atoms with Crippen molar-refractivity contribution in [2.24, 2.45) is 0 Å². The minimum absolute atomic E-state index is 0.121. The molecule has 30 heavy (non-hydrogen) atoms. The maximum Gasteiger partial charge on any atom is 0.335 e. The second kappa shape index (κ2) is 8.08. The van der Waals surface area contributed by atoms with Crippen molar-refractivity contribution in [1.82, 2.24) is 9.88 Å². The van der Waals surface area contributed by atoms with Crippen LogP contribution in [0.1, 0.15) is 12.6 Å². The van der Waals surface area contributed by atoms with Crippen molar-refractivity contribution >= 4 is 29.6 Å². The van der Waals surface area contributed by atoms with Gasteiger partial charge in [0, 0.05) is 17.6 Å². The van der Waals surface area contributed by atoms with Gasteiger partial charge in [-0.2, -0.15) is 0 Å². The molecule has 0 spiro atoms. The van der Waals surface area contributed by atoms with Crippen molar-refractivity contribution in [3.05, 3.63) is 84.2 Å². The molecule has 4 rings (SSSR count). The minimum Gasteiger partial charge on any atom is -0.494 e. The summed E-state index contributed by atoms with van der Waals surface area (Å²) in [5, 5.41) is 2.23. The van der Waals surface area contributed by atoms with Gasteiger partial charge in [-0.3, -0.25) is 14.9 Å². The molecule has 1 fully saturated rings. The Hall–Kier alpha value is -4.13. The minimum atomic E-state index is -0.768. The van der Waals surface area contributed by atoms with Gasteiger partial charge < -0.3 is 9.30 Å². The zero-order valence-corrected chi connectivity index (χ0v) is 16.2. The van der Waals surface area contributed by atoms with Crippen molar-refractivity contribution in [1.29, 1.82) is 0 Å². The van der Waals surface area contributed by atoms with Gasteiger partial charge in [-0.1, -0.05) is 18.2 Å². The molecule has 0 saturated carbocycles. The molecule has 1 aliphatic heterocycles. The van der Waals surface area contributed by atoms with Crippen LogP contribution >= 0.6 is 0 Å². The number of rotatable bonds is 5. The van der Waals surface area contributed by atoms with Gasteiger partial charge in [0.25, 0.3) is 11.8 Å². The summed E-state index contributed by atoms with van der Waals surface area (Å²) >= 11 is 0. The van der Waals surface area contributed by atoms with E-state index in [-0.39, 0.29) is 5.57 Å². The second-order valence-electron chi connectivity index (χ2n) is 6.52. The van der Waals surface area contributed by atoms with E-state index >= 15 is 0 Å². The maximum atomic E-state index is 13.0. The summed E-state index contributed by atoms with van der Waals surface area (Å²) in [6.45, 7) is 2.49. The Morgan fingerprint density at radius 2 is 1.63 bits per heavy atom. The fourth-order valence-electron chi connectivity index (χ4n) is 3.23. The fraction of sp³-hybridized carbons (Fsp3) is 0.0870. The van der Waals surface area contributed by atoms with Crippen LogP contribution in [0.4, 0.5) is 10.5 Å². The lowest BCUT2D eigenvalue weighted by atomic mass is 10.1. The number of carbonyl (C=O) groups is 3. The number of para-hydroxylation sites is 1. The molecule has 0 atom stereocenters. The van der Waals surface area contributed by atoms with Crippen molar-refractivity contribution in [3.8, 4) is 11.4 Å². The molecular weight excluding hydrogens is 382 g/mol. The molecule has 7 heteroatoms. The highest BCUT2D eigenvalue weighted by Crippen LogP contribution is 2.23. The topological polar surface area (TPSA) is 80.6 Å². The molecule has 1 N–H and O–H groups in total. The number of hydrogen-bond donors (Lipinski definition) is 1. The Morgan fingerprint density at radius 3 is 2.33 bits per heavy atom. The highest BCUT2D eigenvalue weighted by atomic mass is 16.5. The molecule has 1 aromatic heterocycles. The van der Waals surface area contributed by atoms with Gasteiger partial charge in [0.05, 0.1) is 12.3 Å². The molecule has 4 amide bonds. The Labute approximate surface area is 173 Å². The first-order valence-corrected chi connectivity index (χ1v) is 9.45. The van der Waals surface area contributed by atoms with Gasteiger partial charge in [-0.25, -0.2) is 9.69 Å². The molecule has 0 unspecified atom stereocenters. The maximum absolute atomic E-state index is 13.0. The van der Waals surface area contributed by atoms with Gasteiger partial charge in [-0.05, 0) is 61.5 Å². The lowest BCUT2D eigenvalue weighted by Gasteiger charge is -2.26. The van der Waals surface area contributed by atoms with Crippen LogP contribution in [0.25, 0.3) is 11.8 Å². The Kier molecular flexibility index (Phi) is 5.17. The Bertz CT molecular complexity index is 1130. The van der Waals surface area contributed by atoms with E-state index in [0.717, 1.165) is 16.3 Å². The largest absolute Gasteiger partial charge is 0.494 e. The number of ether oxygens (including phenoxy) is 1. The van der Waals surface area contributed by atoms with Gasteiger partial charge in [0.15, 0.2) is 0 Å². The first-order chi connectivity index (χ1) is 14.6. The predicted molar refractivity (Wildman–Crippen MR) is 112 cm³/mol. The van der Waals surface area contributed by atoms with Crippen LogP contribution in [0, 0.1) is 0 Å². The van der Waals surface area contributed by atoms with Crippen LogP contribution in [0.2, 0.25) is 0 Å². The third-order valence-electron chi connectivity index (χ3n) is 4.61. The second-order valence-corrected chi connectivity index (χ2v) is 6.52. The molecule has 2 heterocycles. The summed E-state index contributed by atoms with van der Waals surface area (Å²) in [5.74, 6) is -0.641. The quantitative estimate of drug-likeness (QED) is 0.524. The lowest BCUT2D eigenvalue weighted by molar-refractivity contribution is -0.122. The van der Waals surface area contributed by atoms with E-state index in [1.54, 1.807) is 36.4 Å². The van der Waals surface area contributed by atoms with Crippen molar-refractivity contribution in [2.75, 3.05) is 11.5 Å². The van der Waals surface area contributed by atoms with E-state index in [0.29, 0.717) is 18.0 Å². The Morgan fingerprint density at radius 1 is 0.900 bits per heavy atom. The molecule has 7 nitrogen and oxygen atoms in total. The zero-order valence-electron chi connectivity index (χ0n) is 16.2. The van der Waals surface area contributed by atoms with Crippen LogP contribution in [0.5, 0.6) is 5.75 Å². The van der Waals surface area contributed by atoms with E-state index in [1.807, 2.05) is 48.0 Å². The van der Waals surface area contributed by atoms with Crippen LogP contribution in [-0.2, 0) is 9.59 Å². The average molecular weight is 401 g/mol. The van der Waals surface area contributed by atoms with Crippen molar-refractivity contribution in [3.63, 3.8) is 0 Å². The van der Waals surface area contributed by atoms with E-state index in [2.05, 4.69) is 5.32 Å². The van der Waals surface area contributed by atoms with Crippen molar-refractivity contribution in [2.45, 2.75) is 6.92 Å². The van der Waals surface area contributed by atoms with Gasteiger partial charge >= 0.3 is 6.03 Å². The number of aromatic nitrogens is 1. The predicted octanol–water partition coefficient (Wildman–Crippen LogP) is 3.54. The Balaban J connectivity index is 1.69. The van der Waals surface area contributed by atoms with Gasteiger partial charge in [-0.15, -0.1) is 0 Å². The summed E-state index contributed by atoms with van der Waals surface area (Å²) in [4.78, 5) is 38.6. The smallest absolute Gasteiger partial charge is 0.335 e.